The summed E-state index contributed by atoms with van der Waals surface area (Å²) in [6, 6.07) is 17.2. The van der Waals surface area contributed by atoms with Gasteiger partial charge in [-0.25, -0.2) is 4.57 Å². The zero-order valence-corrected chi connectivity index (χ0v) is 14.5. The van der Waals surface area contributed by atoms with Gasteiger partial charge in [-0.1, -0.05) is 60.7 Å². The first-order valence-electron chi connectivity index (χ1n) is 7.65. The van der Waals surface area contributed by atoms with E-state index in [2.05, 4.69) is 0 Å². The molecule has 2 rings (SSSR count). The number of phosphoric ester groups is 1. The van der Waals surface area contributed by atoms with E-state index in [-0.39, 0.29) is 13.2 Å². The lowest BCUT2D eigenvalue weighted by molar-refractivity contribution is -0.212. The number of aliphatic hydroxyl groups is 1. The fraction of sp³-hybridized carbons (Fsp3) is 0.294. The molecule has 0 heterocycles. The van der Waals surface area contributed by atoms with Gasteiger partial charge in [0, 0.05) is 0 Å². The molecule has 2 aromatic rings. The predicted molar refractivity (Wildman–Crippen MR) is 88.1 cm³/mol. The van der Waals surface area contributed by atoms with Gasteiger partial charge in [0.25, 0.3) is 0 Å². The molecule has 0 aliphatic rings. The zero-order chi connectivity index (χ0) is 19.0. The third kappa shape index (κ3) is 6.90. The smallest absolute Gasteiger partial charge is 0.382 e. The van der Waals surface area contributed by atoms with E-state index in [1.54, 1.807) is 60.7 Å². The van der Waals surface area contributed by atoms with Crippen LogP contribution in [-0.4, -0.2) is 24.0 Å². The van der Waals surface area contributed by atoms with E-state index in [9.17, 15) is 17.7 Å². The van der Waals surface area contributed by atoms with Crippen LogP contribution in [0, 0.1) is 0 Å². The molecule has 0 fully saturated rings. The molecule has 1 N–H and O–H groups in total. The van der Waals surface area contributed by atoms with Crippen LogP contribution in [0.2, 0.25) is 0 Å². The number of benzene rings is 2. The molecule has 0 spiro atoms. The molecule has 2 aromatic carbocycles. The summed E-state index contributed by atoms with van der Waals surface area (Å²) < 4.78 is 64.9. The average molecular weight is 390 g/mol. The Balaban J connectivity index is 2.02. The number of hydrogen-bond donors (Lipinski definition) is 1. The van der Waals surface area contributed by atoms with Crippen LogP contribution in [0.1, 0.15) is 11.1 Å². The van der Waals surface area contributed by atoms with Crippen molar-refractivity contribution in [2.75, 3.05) is 6.61 Å². The monoisotopic (exact) mass is 390 g/mol. The van der Waals surface area contributed by atoms with E-state index in [4.69, 9.17) is 18.7 Å². The van der Waals surface area contributed by atoms with E-state index < -0.39 is 26.7 Å². The van der Waals surface area contributed by atoms with Gasteiger partial charge in [0.15, 0.2) is 6.10 Å². The molecule has 1 atom stereocenters. The standard InChI is InChI=1S/C17H18F3O5P/c18-17(19,20)16(21)13-25-26(22,23-11-14-7-3-1-4-8-14)24-12-15-9-5-2-6-10-15/h1-10,16,21H,11-13H2. The minimum atomic E-state index is -4.90. The fourth-order valence-corrected chi connectivity index (χ4v) is 2.99. The molecule has 0 radical (unpaired) electrons. The van der Waals surface area contributed by atoms with Gasteiger partial charge in [-0.15, -0.1) is 0 Å². The molecule has 5 nitrogen and oxygen atoms in total. The molecular formula is C17H18F3O5P. The fourth-order valence-electron chi connectivity index (χ4n) is 1.82. The quantitative estimate of drug-likeness (QED) is 0.640. The Bertz CT molecular complexity index is 662. The van der Waals surface area contributed by atoms with Crippen LogP contribution < -0.4 is 0 Å². The molecule has 0 aliphatic heterocycles. The maximum atomic E-state index is 12.6. The highest BCUT2D eigenvalue weighted by Crippen LogP contribution is 2.51. The second-order valence-corrected chi connectivity index (χ2v) is 6.99. The number of hydrogen-bond acceptors (Lipinski definition) is 5. The van der Waals surface area contributed by atoms with Crippen LogP contribution >= 0.6 is 7.82 Å². The summed E-state index contributed by atoms with van der Waals surface area (Å²) in [5, 5.41) is 9.04. The summed E-state index contributed by atoms with van der Waals surface area (Å²) in [4.78, 5) is 0. The van der Waals surface area contributed by atoms with Gasteiger partial charge in [-0.3, -0.25) is 13.6 Å². The minimum absolute atomic E-state index is 0.185. The maximum Gasteiger partial charge on any atom is 0.475 e. The lowest BCUT2D eigenvalue weighted by atomic mass is 10.2. The molecule has 142 valence electrons. The summed E-state index contributed by atoms with van der Waals surface area (Å²) >= 11 is 0. The van der Waals surface area contributed by atoms with Gasteiger partial charge in [-0.05, 0) is 11.1 Å². The van der Waals surface area contributed by atoms with Gasteiger partial charge >= 0.3 is 14.0 Å². The Labute approximate surface area is 148 Å². The highest BCUT2D eigenvalue weighted by Gasteiger charge is 2.40. The van der Waals surface area contributed by atoms with Crippen LogP contribution in [0.15, 0.2) is 60.7 Å². The van der Waals surface area contributed by atoms with Crippen molar-refractivity contribution in [1.29, 1.82) is 0 Å². The van der Waals surface area contributed by atoms with Crippen LogP contribution in [0.3, 0.4) is 0 Å². The van der Waals surface area contributed by atoms with E-state index in [0.717, 1.165) is 0 Å². The van der Waals surface area contributed by atoms with Crippen molar-refractivity contribution in [2.24, 2.45) is 0 Å². The second-order valence-electron chi connectivity index (χ2n) is 5.32. The molecular weight excluding hydrogens is 372 g/mol. The Morgan fingerprint density at radius 2 is 1.27 bits per heavy atom. The lowest BCUT2D eigenvalue weighted by Gasteiger charge is -2.21. The number of phosphoric acid groups is 1. The topological polar surface area (TPSA) is 65.0 Å². The molecule has 0 aliphatic carbocycles. The Morgan fingerprint density at radius 3 is 1.65 bits per heavy atom. The summed E-state index contributed by atoms with van der Waals surface area (Å²) in [5.41, 5.74) is 1.27. The third-order valence-electron chi connectivity index (χ3n) is 3.23. The predicted octanol–water partition coefficient (Wildman–Crippen LogP) is 4.47. The van der Waals surface area contributed by atoms with Crippen molar-refractivity contribution in [3.05, 3.63) is 71.8 Å². The molecule has 0 aromatic heterocycles. The van der Waals surface area contributed by atoms with Crippen LogP contribution in [-0.2, 0) is 31.4 Å². The van der Waals surface area contributed by atoms with Crippen molar-refractivity contribution < 1.29 is 36.4 Å². The molecule has 0 saturated carbocycles. The van der Waals surface area contributed by atoms with Gasteiger partial charge < -0.3 is 5.11 Å². The number of aliphatic hydroxyl groups excluding tert-OH is 1. The SMILES string of the molecule is O=P(OCc1ccccc1)(OCc1ccccc1)OCC(O)C(F)(F)F. The summed E-state index contributed by atoms with van der Waals surface area (Å²) in [7, 11) is -4.33. The largest absolute Gasteiger partial charge is 0.475 e. The first-order valence-corrected chi connectivity index (χ1v) is 9.11. The number of rotatable bonds is 9. The van der Waals surface area contributed by atoms with E-state index in [0.29, 0.717) is 11.1 Å². The summed E-state index contributed by atoms with van der Waals surface area (Å²) in [5.74, 6) is 0. The normalized spacial score (nSPS) is 13.5. The van der Waals surface area contributed by atoms with Gasteiger partial charge in [0.1, 0.15) is 0 Å². The first-order chi connectivity index (χ1) is 12.3. The van der Waals surface area contributed by atoms with Crippen LogP contribution in [0.4, 0.5) is 13.2 Å². The van der Waals surface area contributed by atoms with Gasteiger partial charge in [0.2, 0.25) is 0 Å². The van der Waals surface area contributed by atoms with Crippen molar-refractivity contribution in [3.8, 4) is 0 Å². The molecule has 0 saturated heterocycles. The van der Waals surface area contributed by atoms with Crippen molar-refractivity contribution in [3.63, 3.8) is 0 Å². The summed E-state index contributed by atoms with van der Waals surface area (Å²) in [6.45, 7) is -1.63. The van der Waals surface area contributed by atoms with Gasteiger partial charge in [-0.2, -0.15) is 13.2 Å². The zero-order valence-electron chi connectivity index (χ0n) is 13.6. The lowest BCUT2D eigenvalue weighted by Crippen LogP contribution is -2.32. The van der Waals surface area contributed by atoms with Gasteiger partial charge in [0.05, 0.1) is 19.8 Å². The van der Waals surface area contributed by atoms with Crippen molar-refractivity contribution >= 4 is 7.82 Å². The number of halogens is 3. The molecule has 1 unspecified atom stereocenters. The van der Waals surface area contributed by atoms with Crippen molar-refractivity contribution in [1.82, 2.24) is 0 Å². The molecule has 26 heavy (non-hydrogen) atoms. The van der Waals surface area contributed by atoms with Crippen LogP contribution in [0.25, 0.3) is 0 Å². The van der Waals surface area contributed by atoms with Crippen LogP contribution in [0.5, 0.6) is 0 Å². The maximum absolute atomic E-state index is 12.6. The molecule has 9 heteroatoms. The Morgan fingerprint density at radius 1 is 0.846 bits per heavy atom. The van der Waals surface area contributed by atoms with E-state index in [1.807, 2.05) is 0 Å². The third-order valence-corrected chi connectivity index (χ3v) is 4.59. The first kappa shape index (κ1) is 20.6. The second kappa shape index (κ2) is 9.30. The van der Waals surface area contributed by atoms with Crippen molar-refractivity contribution in [2.45, 2.75) is 25.5 Å². The number of alkyl halides is 3. The minimum Gasteiger partial charge on any atom is -0.382 e. The summed E-state index contributed by atoms with van der Waals surface area (Å²) in [6.07, 6.45) is -7.69. The molecule has 0 amide bonds. The highest BCUT2D eigenvalue weighted by molar-refractivity contribution is 7.48. The van der Waals surface area contributed by atoms with E-state index in [1.165, 1.54) is 0 Å². The average Bonchev–Trinajstić information content (AvgIpc) is 2.64. The Hall–Kier alpha value is -1.70. The Kier molecular flexibility index (Phi) is 7.37. The highest BCUT2D eigenvalue weighted by atomic mass is 31.2. The van der Waals surface area contributed by atoms with E-state index >= 15 is 0 Å². The molecule has 0 bridgehead atoms.